The number of carbonyl (C=O) groups is 1. The predicted octanol–water partition coefficient (Wildman–Crippen LogP) is 11.0. The van der Waals surface area contributed by atoms with Gasteiger partial charge in [-0.3, -0.25) is 14.9 Å². The summed E-state index contributed by atoms with van der Waals surface area (Å²) < 4.78 is 26.9. The standard InChI is InChI=1S/C56H77N3O11/c1-3-5-6-7-8-9-10-11-15-27-53(63)58(30-35-66-36-33-62)52-40-50(57-68-41-42-21-13-12-14-22-42)48-37-43(23-16-18-31-60)47(26-17-19-32-61)54-49-39-46(69-45-25-20-24-44(38-45)59(64)65)28-29-51(49)70-56(52,55(48)54)67-34-4-2/h4,12-14,20-22,24-25,28-29,37-39,43,47,52,54-55,60-62H,2-3,5-11,15-19,23,26-27,30-36,40-41H2,1H3. The van der Waals surface area contributed by atoms with Crippen LogP contribution in [0.5, 0.6) is 17.2 Å². The fourth-order valence-corrected chi connectivity index (χ4v) is 10.8. The topological polar surface area (TPSA) is 183 Å². The minimum Gasteiger partial charge on any atom is -0.459 e. The lowest BCUT2D eigenvalue weighted by atomic mass is 9.55. The lowest BCUT2D eigenvalue weighted by Crippen LogP contribution is -2.70. The summed E-state index contributed by atoms with van der Waals surface area (Å²) in [5.41, 5.74) is 3.32. The Morgan fingerprint density at radius 3 is 2.31 bits per heavy atom. The van der Waals surface area contributed by atoms with Crippen molar-refractivity contribution in [3.05, 3.63) is 118 Å². The van der Waals surface area contributed by atoms with Crippen molar-refractivity contribution in [1.82, 2.24) is 4.90 Å². The van der Waals surface area contributed by atoms with Crippen molar-refractivity contribution in [2.75, 3.05) is 46.2 Å². The van der Waals surface area contributed by atoms with Crippen molar-refractivity contribution >= 4 is 17.3 Å². The van der Waals surface area contributed by atoms with E-state index in [0.717, 1.165) is 68.1 Å². The highest BCUT2D eigenvalue weighted by Gasteiger charge is 2.65. The predicted molar refractivity (Wildman–Crippen MR) is 271 cm³/mol. The van der Waals surface area contributed by atoms with Crippen LogP contribution in [0, 0.1) is 27.9 Å². The minimum absolute atomic E-state index is 0.0121. The molecule has 1 aliphatic heterocycles. The van der Waals surface area contributed by atoms with E-state index in [0.29, 0.717) is 42.2 Å². The number of allylic oxidation sites excluding steroid dienone is 1. The Morgan fingerprint density at radius 1 is 0.871 bits per heavy atom. The minimum atomic E-state index is -1.46. The van der Waals surface area contributed by atoms with Gasteiger partial charge in [-0.2, -0.15) is 0 Å². The average Bonchev–Trinajstić information content (AvgIpc) is 3.37. The molecule has 3 aromatic rings. The van der Waals surface area contributed by atoms with Crippen LogP contribution >= 0.6 is 0 Å². The first-order chi connectivity index (χ1) is 34.3. The third-order valence-corrected chi connectivity index (χ3v) is 14.1. The highest BCUT2D eigenvalue weighted by Crippen LogP contribution is 2.62. The molecule has 0 radical (unpaired) electrons. The summed E-state index contributed by atoms with van der Waals surface area (Å²) >= 11 is 0. The fraction of sp³-hybridized carbons (Fsp3) is 0.571. The van der Waals surface area contributed by atoms with Crippen molar-refractivity contribution in [3.63, 3.8) is 0 Å². The first-order valence-corrected chi connectivity index (χ1v) is 25.9. The maximum atomic E-state index is 15.0. The largest absolute Gasteiger partial charge is 0.459 e. The zero-order valence-corrected chi connectivity index (χ0v) is 41.3. The van der Waals surface area contributed by atoms with Gasteiger partial charge in [-0.15, -0.1) is 6.58 Å². The second kappa shape index (κ2) is 28.7. The Kier molecular flexibility index (Phi) is 22.2. The maximum Gasteiger partial charge on any atom is 0.273 e. The molecule has 0 spiro atoms. The number of benzene rings is 3. The Balaban J connectivity index is 1.50. The number of oxime groups is 1. The van der Waals surface area contributed by atoms with E-state index in [4.69, 9.17) is 28.9 Å². The highest BCUT2D eigenvalue weighted by molar-refractivity contribution is 6.03. The number of nitrogens with zero attached hydrogens (tertiary/aromatic N) is 3. The van der Waals surface area contributed by atoms with E-state index in [1.807, 2.05) is 47.4 Å². The van der Waals surface area contributed by atoms with Crippen LogP contribution in [0.4, 0.5) is 5.69 Å². The number of fused-ring (bicyclic) bond motifs is 2. The molecule has 382 valence electrons. The average molecular weight is 968 g/mol. The van der Waals surface area contributed by atoms with Gasteiger partial charge in [-0.05, 0) is 79.3 Å². The molecular weight excluding hydrogens is 891 g/mol. The number of nitro benzene ring substituents is 1. The van der Waals surface area contributed by atoms with E-state index >= 15 is 4.79 Å². The summed E-state index contributed by atoms with van der Waals surface area (Å²) in [4.78, 5) is 34.4. The number of amides is 1. The zero-order valence-electron chi connectivity index (χ0n) is 41.3. The zero-order chi connectivity index (χ0) is 49.6. The van der Waals surface area contributed by atoms with Crippen LogP contribution in [0.2, 0.25) is 0 Å². The SMILES string of the molecule is C=CCOC12Oc3ccc(Oc4cccc([N+](=O)[O-])c4)cc3C3C(CCCCO)C(CCCCO)C=C(C(=NOCc4ccccc4)CC1N(CCOCCO)C(=O)CCCCCCCCCCC)C32. The number of rotatable bonds is 33. The second-order valence-corrected chi connectivity index (χ2v) is 18.9. The number of non-ortho nitro benzene ring substituents is 1. The number of aliphatic hydroxyl groups is 3. The fourth-order valence-electron chi connectivity index (χ4n) is 10.8. The van der Waals surface area contributed by atoms with Crippen molar-refractivity contribution in [2.24, 2.45) is 22.9 Å². The van der Waals surface area contributed by atoms with E-state index in [1.54, 1.807) is 24.3 Å². The van der Waals surface area contributed by atoms with Gasteiger partial charge in [0.1, 0.15) is 29.9 Å². The van der Waals surface area contributed by atoms with E-state index < -0.39 is 22.7 Å². The second-order valence-electron chi connectivity index (χ2n) is 18.9. The van der Waals surface area contributed by atoms with Gasteiger partial charge >= 0.3 is 0 Å². The summed E-state index contributed by atoms with van der Waals surface area (Å²) in [5, 5.41) is 46.4. The normalized spacial score (nSPS) is 21.8. The Labute approximate surface area is 414 Å². The molecule has 0 saturated heterocycles. The van der Waals surface area contributed by atoms with Crippen molar-refractivity contribution in [2.45, 2.75) is 140 Å². The van der Waals surface area contributed by atoms with Gasteiger partial charge in [0, 0.05) is 50.1 Å². The number of hydrogen-bond acceptors (Lipinski definition) is 12. The molecule has 14 heteroatoms. The summed E-state index contributed by atoms with van der Waals surface area (Å²) in [6, 6.07) is 20.8. The smallest absolute Gasteiger partial charge is 0.273 e. The third kappa shape index (κ3) is 14.5. The van der Waals surface area contributed by atoms with Crippen molar-refractivity contribution in [1.29, 1.82) is 0 Å². The van der Waals surface area contributed by atoms with Gasteiger partial charge in [-0.25, -0.2) is 0 Å². The number of unbranched alkanes of at least 4 members (excludes halogenated alkanes) is 10. The molecule has 6 atom stereocenters. The molecule has 1 amide bonds. The van der Waals surface area contributed by atoms with E-state index in [-0.39, 0.29) is 88.6 Å². The van der Waals surface area contributed by atoms with E-state index in [1.165, 1.54) is 44.2 Å². The first-order valence-electron chi connectivity index (χ1n) is 25.9. The molecule has 14 nitrogen and oxygen atoms in total. The van der Waals surface area contributed by atoms with Crippen LogP contribution in [0.3, 0.4) is 0 Å². The van der Waals surface area contributed by atoms with Crippen LogP contribution in [0.1, 0.15) is 133 Å². The molecule has 1 fully saturated rings. The van der Waals surface area contributed by atoms with Crippen LogP contribution in [0.25, 0.3) is 0 Å². The Hall–Kier alpha value is -5.12. The van der Waals surface area contributed by atoms with Gasteiger partial charge in [0.2, 0.25) is 11.7 Å². The van der Waals surface area contributed by atoms with Gasteiger partial charge in [-0.1, -0.05) is 125 Å². The van der Waals surface area contributed by atoms with Crippen molar-refractivity contribution in [3.8, 4) is 17.2 Å². The summed E-state index contributed by atoms with van der Waals surface area (Å²) in [5.74, 6) is -1.03. The third-order valence-electron chi connectivity index (χ3n) is 14.1. The van der Waals surface area contributed by atoms with Crippen LogP contribution in [0.15, 0.2) is 102 Å². The molecule has 6 unspecified atom stereocenters. The summed E-state index contributed by atoms with van der Waals surface area (Å²) in [7, 11) is 0. The quantitative estimate of drug-likeness (QED) is 0.0229. The van der Waals surface area contributed by atoms with Gasteiger partial charge in [0.25, 0.3) is 5.69 Å². The van der Waals surface area contributed by atoms with Crippen molar-refractivity contribution < 1.29 is 48.8 Å². The van der Waals surface area contributed by atoms with E-state index in [2.05, 4.69) is 19.6 Å². The summed E-state index contributed by atoms with van der Waals surface area (Å²) in [6.45, 7) is 7.12. The Bertz CT molecular complexity index is 2150. The maximum absolute atomic E-state index is 15.0. The molecule has 0 aromatic heterocycles. The number of hydrogen-bond donors (Lipinski definition) is 3. The molecule has 3 aromatic carbocycles. The number of nitro groups is 1. The lowest BCUT2D eigenvalue weighted by Gasteiger charge is -2.60. The number of ether oxygens (including phenoxy) is 4. The molecular formula is C56H77N3O11. The molecule has 1 heterocycles. The highest BCUT2D eigenvalue weighted by atomic mass is 16.7. The molecule has 3 N–H and O–H groups in total. The molecule has 1 saturated carbocycles. The molecule has 0 bridgehead atoms. The number of aliphatic hydroxyl groups excluding tert-OH is 3. The lowest BCUT2D eigenvalue weighted by molar-refractivity contribution is -0.384. The van der Waals surface area contributed by atoms with Gasteiger partial charge in [0.15, 0.2) is 0 Å². The first kappa shape index (κ1) is 54.2. The van der Waals surface area contributed by atoms with Gasteiger partial charge in [0.05, 0.1) is 49.0 Å². The van der Waals surface area contributed by atoms with Crippen LogP contribution in [-0.2, 0) is 25.7 Å². The molecule has 70 heavy (non-hydrogen) atoms. The molecule has 2 aliphatic carbocycles. The molecule has 6 rings (SSSR count). The van der Waals surface area contributed by atoms with Gasteiger partial charge < -0.3 is 44.0 Å². The van der Waals surface area contributed by atoms with E-state index in [9.17, 15) is 25.4 Å². The van der Waals surface area contributed by atoms with Crippen LogP contribution in [-0.4, -0.2) is 94.8 Å². The van der Waals surface area contributed by atoms with Crippen LogP contribution < -0.4 is 9.47 Å². The monoisotopic (exact) mass is 968 g/mol. The Morgan fingerprint density at radius 2 is 1.60 bits per heavy atom. The molecule has 3 aliphatic rings. The summed E-state index contributed by atoms with van der Waals surface area (Å²) in [6.07, 6.45) is 18.9. The number of carbonyl (C=O) groups excluding carboxylic acids is 1.